The number of likely N-dealkylation sites (tertiary alicyclic amines) is 1. The Morgan fingerprint density at radius 3 is 2.84 bits per heavy atom. The van der Waals surface area contributed by atoms with Crippen LogP contribution in [0.25, 0.3) is 0 Å². The number of amides is 1. The quantitative estimate of drug-likeness (QED) is 0.704. The van der Waals surface area contributed by atoms with E-state index in [1.54, 1.807) is 12.1 Å². The van der Waals surface area contributed by atoms with Crippen molar-refractivity contribution in [1.82, 2.24) is 9.80 Å². The van der Waals surface area contributed by atoms with E-state index in [4.69, 9.17) is 4.18 Å². The molecular formula is C17H22N2O5S. The molecule has 1 N–H and O–H groups in total. The molecule has 25 heavy (non-hydrogen) atoms. The van der Waals surface area contributed by atoms with Crippen LogP contribution in [0.5, 0.6) is 0 Å². The molecule has 136 valence electrons. The number of carboxylic acid groups (broad SMARTS) is 1. The summed E-state index contributed by atoms with van der Waals surface area (Å²) in [5.74, 6) is 0. The summed E-state index contributed by atoms with van der Waals surface area (Å²) in [6, 6.07) is 6.87. The molecule has 1 aromatic rings. The summed E-state index contributed by atoms with van der Waals surface area (Å²) >= 11 is 0. The van der Waals surface area contributed by atoms with Gasteiger partial charge in [0.1, 0.15) is 0 Å². The van der Waals surface area contributed by atoms with Crippen molar-refractivity contribution < 1.29 is 22.5 Å². The third-order valence-corrected chi connectivity index (χ3v) is 7.30. The molecule has 1 spiro atoms. The van der Waals surface area contributed by atoms with Crippen LogP contribution in [-0.2, 0) is 20.8 Å². The van der Waals surface area contributed by atoms with Gasteiger partial charge in [-0.1, -0.05) is 18.2 Å². The van der Waals surface area contributed by atoms with Gasteiger partial charge in [0.15, 0.2) is 0 Å². The van der Waals surface area contributed by atoms with Gasteiger partial charge >= 0.3 is 6.09 Å². The monoisotopic (exact) mass is 366 g/mol. The zero-order valence-electron chi connectivity index (χ0n) is 13.9. The van der Waals surface area contributed by atoms with Crippen molar-refractivity contribution in [3.63, 3.8) is 0 Å². The Bertz CT molecular complexity index is 796. The van der Waals surface area contributed by atoms with Crippen molar-refractivity contribution in [3.8, 4) is 0 Å². The average molecular weight is 366 g/mol. The average Bonchev–Trinajstić information content (AvgIpc) is 2.89. The maximum Gasteiger partial charge on any atom is 0.407 e. The first kappa shape index (κ1) is 16.8. The van der Waals surface area contributed by atoms with E-state index in [0.717, 1.165) is 31.4 Å². The van der Waals surface area contributed by atoms with Gasteiger partial charge in [0.05, 0.1) is 11.5 Å². The van der Waals surface area contributed by atoms with E-state index >= 15 is 0 Å². The Kier molecular flexibility index (Phi) is 4.01. The highest BCUT2D eigenvalue weighted by molar-refractivity contribution is 7.86. The van der Waals surface area contributed by atoms with Gasteiger partial charge in [-0.25, -0.2) is 4.79 Å². The molecule has 2 saturated heterocycles. The van der Waals surface area contributed by atoms with Crippen LogP contribution >= 0.6 is 0 Å². The molecule has 3 aliphatic heterocycles. The smallest absolute Gasteiger partial charge is 0.407 e. The third-order valence-electron chi connectivity index (χ3n) is 5.92. The Labute approximate surface area is 147 Å². The zero-order chi connectivity index (χ0) is 17.7. The second-order valence-electron chi connectivity index (χ2n) is 7.25. The molecule has 0 aromatic heterocycles. The lowest BCUT2D eigenvalue weighted by atomic mass is 9.74. The van der Waals surface area contributed by atoms with E-state index in [2.05, 4.69) is 4.90 Å². The zero-order valence-corrected chi connectivity index (χ0v) is 14.7. The van der Waals surface area contributed by atoms with Gasteiger partial charge in [-0.15, -0.1) is 0 Å². The van der Waals surface area contributed by atoms with Gasteiger partial charge in [-0.2, -0.15) is 8.42 Å². The molecule has 1 amide bonds. The summed E-state index contributed by atoms with van der Waals surface area (Å²) < 4.78 is 30.5. The van der Waals surface area contributed by atoms with E-state index in [1.165, 1.54) is 4.90 Å². The molecule has 3 aliphatic rings. The molecule has 2 unspecified atom stereocenters. The fourth-order valence-electron chi connectivity index (χ4n) is 4.66. The lowest BCUT2D eigenvalue weighted by Crippen LogP contribution is -2.53. The first-order valence-electron chi connectivity index (χ1n) is 8.61. The fraction of sp³-hybridized carbons (Fsp3) is 0.588. The molecule has 1 aromatic carbocycles. The highest BCUT2D eigenvalue weighted by atomic mass is 32.2. The van der Waals surface area contributed by atoms with Crippen LogP contribution in [0.1, 0.15) is 24.8 Å². The third kappa shape index (κ3) is 2.82. The van der Waals surface area contributed by atoms with Crippen molar-refractivity contribution in [1.29, 1.82) is 0 Å². The number of carbonyl (C=O) groups is 1. The van der Waals surface area contributed by atoms with Gasteiger partial charge in [-0.3, -0.25) is 9.08 Å². The minimum atomic E-state index is -3.78. The number of hydrogen-bond donors (Lipinski definition) is 1. The largest absolute Gasteiger partial charge is 0.465 e. The van der Waals surface area contributed by atoms with Gasteiger partial charge < -0.3 is 10.0 Å². The molecule has 2 fully saturated rings. The van der Waals surface area contributed by atoms with E-state index in [-0.39, 0.29) is 23.0 Å². The molecule has 0 aliphatic carbocycles. The van der Waals surface area contributed by atoms with E-state index in [9.17, 15) is 18.3 Å². The summed E-state index contributed by atoms with van der Waals surface area (Å²) in [6.45, 7) is 2.47. The van der Waals surface area contributed by atoms with Crippen LogP contribution in [0.4, 0.5) is 4.79 Å². The molecule has 8 heteroatoms. The highest BCUT2D eigenvalue weighted by Gasteiger charge is 2.51. The fourth-order valence-corrected chi connectivity index (χ4v) is 5.80. The Morgan fingerprint density at radius 1 is 1.24 bits per heavy atom. The summed E-state index contributed by atoms with van der Waals surface area (Å²) in [5.41, 5.74) is 0.522. The minimum Gasteiger partial charge on any atom is -0.465 e. The lowest BCUT2D eigenvalue weighted by molar-refractivity contribution is 0.0271. The number of nitrogens with zero attached hydrogens (tertiary/aromatic N) is 2. The number of benzene rings is 1. The normalized spacial score (nSPS) is 31.8. The summed E-state index contributed by atoms with van der Waals surface area (Å²) in [5, 5.41) is 9.38. The molecule has 4 rings (SSSR count). The van der Waals surface area contributed by atoms with Crippen LogP contribution in [0.15, 0.2) is 29.2 Å². The van der Waals surface area contributed by atoms with Crippen molar-refractivity contribution >= 4 is 16.2 Å². The predicted octanol–water partition coefficient (Wildman–Crippen LogP) is 1.74. The Hall–Kier alpha value is -1.64. The maximum atomic E-state index is 12.5. The predicted molar refractivity (Wildman–Crippen MR) is 89.7 cm³/mol. The van der Waals surface area contributed by atoms with Gasteiger partial charge in [0.25, 0.3) is 10.1 Å². The SMILES string of the molecule is O=C(O)N1CCCC2(CCN3Cc4ccccc4S(=O)(=O)OCC32)C1. The summed E-state index contributed by atoms with van der Waals surface area (Å²) in [6.07, 6.45) is 1.68. The van der Waals surface area contributed by atoms with Crippen molar-refractivity contribution in [3.05, 3.63) is 29.8 Å². The number of fused-ring (bicyclic) bond motifs is 3. The number of rotatable bonds is 0. The van der Waals surface area contributed by atoms with Crippen LogP contribution in [-0.4, -0.2) is 61.7 Å². The van der Waals surface area contributed by atoms with Crippen LogP contribution in [0, 0.1) is 5.41 Å². The van der Waals surface area contributed by atoms with Gasteiger partial charge in [-0.05, 0) is 37.4 Å². The highest BCUT2D eigenvalue weighted by Crippen LogP contribution is 2.46. The molecule has 0 radical (unpaired) electrons. The first-order chi connectivity index (χ1) is 11.9. The standard InChI is InChI=1S/C17H22N2O5S/c20-16(21)19-8-3-6-17(12-19)7-9-18-10-13-4-1-2-5-14(13)25(22,23)24-11-15(17)18/h1-2,4-5,15H,3,6-12H2,(H,20,21). The van der Waals surface area contributed by atoms with Gasteiger partial charge in [0.2, 0.25) is 0 Å². The Morgan fingerprint density at radius 2 is 2.04 bits per heavy atom. The van der Waals surface area contributed by atoms with Crippen molar-refractivity contribution in [2.24, 2.45) is 5.41 Å². The van der Waals surface area contributed by atoms with Crippen molar-refractivity contribution in [2.75, 3.05) is 26.2 Å². The van der Waals surface area contributed by atoms with E-state index in [1.807, 2.05) is 12.1 Å². The molecule has 0 saturated carbocycles. The molecular weight excluding hydrogens is 344 g/mol. The molecule has 3 heterocycles. The Balaban J connectivity index is 1.68. The summed E-state index contributed by atoms with van der Waals surface area (Å²) in [7, 11) is -3.78. The van der Waals surface area contributed by atoms with Crippen LogP contribution in [0.3, 0.4) is 0 Å². The van der Waals surface area contributed by atoms with Gasteiger partial charge in [0, 0.05) is 31.1 Å². The second-order valence-corrected chi connectivity index (χ2v) is 8.84. The summed E-state index contributed by atoms with van der Waals surface area (Å²) in [4.78, 5) is 15.4. The van der Waals surface area contributed by atoms with E-state index in [0.29, 0.717) is 19.6 Å². The van der Waals surface area contributed by atoms with Crippen LogP contribution < -0.4 is 0 Å². The maximum absolute atomic E-state index is 12.5. The number of piperidine rings is 1. The number of hydrogen-bond acceptors (Lipinski definition) is 5. The van der Waals surface area contributed by atoms with E-state index < -0.39 is 16.2 Å². The molecule has 7 nitrogen and oxygen atoms in total. The second kappa shape index (κ2) is 5.96. The van der Waals surface area contributed by atoms with Crippen molar-refractivity contribution in [2.45, 2.75) is 36.7 Å². The minimum absolute atomic E-state index is 0.0854. The first-order valence-corrected chi connectivity index (χ1v) is 10.0. The molecule has 0 bridgehead atoms. The van der Waals surface area contributed by atoms with Crippen LogP contribution in [0.2, 0.25) is 0 Å². The lowest BCUT2D eigenvalue weighted by Gasteiger charge is -2.44. The molecule has 2 atom stereocenters. The topological polar surface area (TPSA) is 87.2 Å².